The molecule has 0 aliphatic heterocycles. The average Bonchev–Trinajstić information content (AvgIpc) is 2.82. The Morgan fingerprint density at radius 2 is 2.00 bits per heavy atom. The van der Waals surface area contributed by atoms with Gasteiger partial charge in [0.2, 0.25) is 5.78 Å². The maximum absolute atomic E-state index is 12.2. The van der Waals surface area contributed by atoms with Crippen LogP contribution in [-0.2, 0) is 13.0 Å². The van der Waals surface area contributed by atoms with Crippen molar-refractivity contribution in [2.45, 2.75) is 26.8 Å². The summed E-state index contributed by atoms with van der Waals surface area (Å²) in [5, 5.41) is 4.35. The van der Waals surface area contributed by atoms with E-state index in [1.54, 1.807) is 4.68 Å². The predicted molar refractivity (Wildman–Crippen MR) is 62.7 cm³/mol. The summed E-state index contributed by atoms with van der Waals surface area (Å²) in [6, 6.07) is 1.83. The van der Waals surface area contributed by atoms with E-state index in [4.69, 9.17) is 0 Å². The Balaban J connectivity index is 2.40. The number of carbonyl (C=O) groups is 1. The number of hydrogen-bond acceptors (Lipinski definition) is 4. The van der Waals surface area contributed by atoms with Gasteiger partial charge in [0.15, 0.2) is 0 Å². The van der Waals surface area contributed by atoms with E-state index in [1.807, 2.05) is 19.9 Å². The van der Waals surface area contributed by atoms with E-state index in [0.717, 1.165) is 12.1 Å². The van der Waals surface area contributed by atoms with Gasteiger partial charge in [-0.2, -0.15) is 5.10 Å². The van der Waals surface area contributed by atoms with Crippen LogP contribution in [0.25, 0.3) is 0 Å². The van der Waals surface area contributed by atoms with Gasteiger partial charge in [0, 0.05) is 18.9 Å². The molecule has 0 saturated carbocycles. The third-order valence-corrected chi connectivity index (χ3v) is 2.55. The van der Waals surface area contributed by atoms with Gasteiger partial charge >= 0.3 is 0 Å². The monoisotopic (exact) mass is 230 g/mol. The van der Waals surface area contributed by atoms with Crippen LogP contribution in [0.5, 0.6) is 0 Å². The summed E-state index contributed by atoms with van der Waals surface area (Å²) in [5.41, 5.74) is 2.01. The first-order valence-corrected chi connectivity index (χ1v) is 5.62. The Labute approximate surface area is 99.5 Å². The molecule has 0 aliphatic rings. The maximum atomic E-state index is 12.2. The molecule has 17 heavy (non-hydrogen) atoms. The molecule has 0 radical (unpaired) electrons. The first-order valence-electron chi connectivity index (χ1n) is 5.62. The van der Waals surface area contributed by atoms with Gasteiger partial charge < -0.3 is 0 Å². The molecule has 0 atom stereocenters. The average molecular weight is 230 g/mol. The van der Waals surface area contributed by atoms with E-state index in [2.05, 4.69) is 15.1 Å². The lowest BCUT2D eigenvalue weighted by molar-refractivity contribution is 0.102. The minimum absolute atomic E-state index is 0.0837. The normalized spacial score (nSPS) is 10.5. The van der Waals surface area contributed by atoms with Gasteiger partial charge in [-0.3, -0.25) is 9.48 Å². The molecule has 0 fully saturated rings. The topological polar surface area (TPSA) is 60.7 Å². The first kappa shape index (κ1) is 11.4. The van der Waals surface area contributed by atoms with Gasteiger partial charge in [0.05, 0.1) is 11.3 Å². The van der Waals surface area contributed by atoms with Crippen molar-refractivity contribution in [3.8, 4) is 0 Å². The molecular formula is C12H14N4O. The molecule has 0 saturated heterocycles. The van der Waals surface area contributed by atoms with E-state index in [9.17, 15) is 4.79 Å². The van der Waals surface area contributed by atoms with E-state index >= 15 is 0 Å². The zero-order chi connectivity index (χ0) is 12.3. The second-order valence-electron chi connectivity index (χ2n) is 3.65. The lowest BCUT2D eigenvalue weighted by Gasteiger charge is -2.02. The van der Waals surface area contributed by atoms with Gasteiger partial charge in [-0.05, 0) is 19.4 Å². The summed E-state index contributed by atoms with van der Waals surface area (Å²) in [7, 11) is 0. The van der Waals surface area contributed by atoms with Crippen molar-refractivity contribution in [3.63, 3.8) is 0 Å². The molecule has 0 aromatic carbocycles. The van der Waals surface area contributed by atoms with Gasteiger partial charge in [-0.15, -0.1) is 0 Å². The SMILES string of the molecule is CCc1cc(C(=O)c2cncnc2)n(CC)n1. The van der Waals surface area contributed by atoms with Crippen molar-refractivity contribution >= 4 is 5.78 Å². The van der Waals surface area contributed by atoms with Crippen molar-refractivity contribution in [3.05, 3.63) is 41.7 Å². The molecule has 2 aromatic rings. The Hall–Kier alpha value is -2.04. The fraction of sp³-hybridized carbons (Fsp3) is 0.333. The Morgan fingerprint density at radius 3 is 2.59 bits per heavy atom. The standard InChI is InChI=1S/C12H14N4O/c1-3-10-5-11(16(4-2)15-10)12(17)9-6-13-8-14-7-9/h5-8H,3-4H2,1-2H3. The Bertz CT molecular complexity index is 519. The smallest absolute Gasteiger partial charge is 0.214 e. The van der Waals surface area contributed by atoms with Crippen LogP contribution in [0, 0.1) is 0 Å². The molecular weight excluding hydrogens is 216 g/mol. The van der Waals surface area contributed by atoms with Gasteiger partial charge in [-0.25, -0.2) is 9.97 Å². The highest BCUT2D eigenvalue weighted by molar-refractivity contribution is 6.07. The molecule has 0 bridgehead atoms. The molecule has 88 valence electrons. The largest absolute Gasteiger partial charge is 0.287 e. The van der Waals surface area contributed by atoms with Gasteiger partial charge in [0.25, 0.3) is 0 Å². The number of rotatable bonds is 4. The molecule has 0 amide bonds. The number of ketones is 1. The highest BCUT2D eigenvalue weighted by atomic mass is 16.1. The lowest BCUT2D eigenvalue weighted by atomic mass is 10.1. The van der Waals surface area contributed by atoms with Crippen LogP contribution >= 0.6 is 0 Å². The van der Waals surface area contributed by atoms with E-state index in [-0.39, 0.29) is 5.78 Å². The van der Waals surface area contributed by atoms with Crippen molar-refractivity contribution < 1.29 is 4.79 Å². The van der Waals surface area contributed by atoms with Crippen LogP contribution in [-0.4, -0.2) is 25.5 Å². The van der Waals surface area contributed by atoms with Crippen LogP contribution < -0.4 is 0 Å². The molecule has 5 nitrogen and oxygen atoms in total. The number of hydrogen-bond donors (Lipinski definition) is 0. The highest BCUT2D eigenvalue weighted by Gasteiger charge is 2.16. The summed E-state index contributed by atoms with van der Waals surface area (Å²) >= 11 is 0. The first-order chi connectivity index (χ1) is 8.26. The van der Waals surface area contributed by atoms with Crippen LogP contribution in [0.15, 0.2) is 24.8 Å². The summed E-state index contributed by atoms with van der Waals surface area (Å²) in [6.45, 7) is 4.65. The number of carbonyl (C=O) groups excluding carboxylic acids is 1. The third-order valence-electron chi connectivity index (χ3n) is 2.55. The molecule has 0 unspecified atom stereocenters. The fourth-order valence-corrected chi connectivity index (χ4v) is 1.63. The molecule has 5 heteroatoms. The summed E-state index contributed by atoms with van der Waals surface area (Å²) < 4.78 is 1.72. The van der Waals surface area contributed by atoms with E-state index in [1.165, 1.54) is 18.7 Å². The summed E-state index contributed by atoms with van der Waals surface area (Å²) in [4.78, 5) is 19.9. The summed E-state index contributed by atoms with van der Waals surface area (Å²) in [6.07, 6.45) is 5.27. The molecule has 0 N–H and O–H groups in total. The van der Waals surface area contributed by atoms with Crippen LogP contribution in [0.3, 0.4) is 0 Å². The number of aryl methyl sites for hydroxylation is 2. The van der Waals surface area contributed by atoms with E-state index in [0.29, 0.717) is 17.8 Å². The van der Waals surface area contributed by atoms with Crippen molar-refractivity contribution in [2.75, 3.05) is 0 Å². The maximum Gasteiger partial charge on any atom is 0.214 e. The molecule has 2 rings (SSSR count). The Kier molecular flexibility index (Phi) is 3.27. The summed E-state index contributed by atoms with van der Waals surface area (Å²) in [5.74, 6) is -0.0837. The van der Waals surface area contributed by atoms with Crippen LogP contribution in [0.1, 0.15) is 35.6 Å². The molecule has 2 heterocycles. The second-order valence-corrected chi connectivity index (χ2v) is 3.65. The minimum atomic E-state index is -0.0837. The van der Waals surface area contributed by atoms with Gasteiger partial charge in [0.1, 0.15) is 12.0 Å². The number of aromatic nitrogens is 4. The van der Waals surface area contributed by atoms with Crippen LogP contribution in [0.2, 0.25) is 0 Å². The van der Waals surface area contributed by atoms with E-state index < -0.39 is 0 Å². The zero-order valence-electron chi connectivity index (χ0n) is 9.92. The fourth-order valence-electron chi connectivity index (χ4n) is 1.63. The lowest BCUT2D eigenvalue weighted by Crippen LogP contribution is -2.10. The molecule has 0 aliphatic carbocycles. The third kappa shape index (κ3) is 2.22. The van der Waals surface area contributed by atoms with Crippen LogP contribution in [0.4, 0.5) is 0 Å². The molecule has 0 spiro atoms. The highest BCUT2D eigenvalue weighted by Crippen LogP contribution is 2.11. The predicted octanol–water partition coefficient (Wildman–Crippen LogP) is 1.49. The van der Waals surface area contributed by atoms with Crippen molar-refractivity contribution in [2.24, 2.45) is 0 Å². The quantitative estimate of drug-likeness (QED) is 0.746. The minimum Gasteiger partial charge on any atom is -0.287 e. The molecule has 2 aromatic heterocycles. The van der Waals surface area contributed by atoms with Crippen molar-refractivity contribution in [1.29, 1.82) is 0 Å². The second kappa shape index (κ2) is 4.86. The van der Waals surface area contributed by atoms with Gasteiger partial charge in [-0.1, -0.05) is 6.92 Å². The zero-order valence-corrected chi connectivity index (χ0v) is 9.92. The van der Waals surface area contributed by atoms with Crippen molar-refractivity contribution in [1.82, 2.24) is 19.7 Å². The number of nitrogens with zero attached hydrogens (tertiary/aromatic N) is 4. The Morgan fingerprint density at radius 1 is 1.29 bits per heavy atom.